The molecule has 1 saturated heterocycles. The lowest BCUT2D eigenvalue weighted by Crippen LogP contribution is -2.39. The van der Waals surface area contributed by atoms with Gasteiger partial charge in [0.2, 0.25) is 15.9 Å². The lowest BCUT2D eigenvalue weighted by molar-refractivity contribution is -0.127. The predicted octanol–water partition coefficient (Wildman–Crippen LogP) is 2.09. The summed E-state index contributed by atoms with van der Waals surface area (Å²) in [6.45, 7) is 3.29. The zero-order chi connectivity index (χ0) is 17.2. The summed E-state index contributed by atoms with van der Waals surface area (Å²) in [4.78, 5) is 16.5. The van der Waals surface area contributed by atoms with Gasteiger partial charge in [-0.2, -0.15) is 0 Å². The molecule has 1 aromatic rings. The van der Waals surface area contributed by atoms with Crippen molar-refractivity contribution in [3.63, 3.8) is 0 Å². The van der Waals surface area contributed by atoms with Gasteiger partial charge in [0.15, 0.2) is 0 Å². The van der Waals surface area contributed by atoms with Gasteiger partial charge in [0.25, 0.3) is 0 Å². The normalized spacial score (nSPS) is 23.0. The van der Waals surface area contributed by atoms with Gasteiger partial charge < -0.3 is 5.32 Å². The van der Waals surface area contributed by atoms with Crippen molar-refractivity contribution in [1.82, 2.24) is 14.6 Å². The van der Waals surface area contributed by atoms with E-state index in [1.165, 1.54) is 0 Å². The number of thiazole rings is 1. The lowest BCUT2D eigenvalue weighted by atomic mass is 9.85. The molecule has 1 amide bonds. The summed E-state index contributed by atoms with van der Waals surface area (Å²) in [5.74, 6) is 0.639. The molecular formula is C16H25N3O3S2. The third-order valence-corrected chi connectivity index (χ3v) is 7.88. The molecule has 2 fully saturated rings. The molecule has 0 radical (unpaired) electrons. The van der Waals surface area contributed by atoms with Crippen molar-refractivity contribution in [2.24, 2.45) is 5.92 Å². The van der Waals surface area contributed by atoms with Crippen molar-refractivity contribution in [2.45, 2.75) is 51.5 Å². The Hall–Kier alpha value is -0.990. The summed E-state index contributed by atoms with van der Waals surface area (Å²) in [6.07, 6.45) is 4.99. The minimum Gasteiger partial charge on any atom is -0.350 e. The van der Waals surface area contributed by atoms with Gasteiger partial charge in [-0.15, -0.1) is 11.3 Å². The summed E-state index contributed by atoms with van der Waals surface area (Å²) in [5.41, 5.74) is 0.873. The maximum atomic E-state index is 12.1. The van der Waals surface area contributed by atoms with Crippen LogP contribution in [-0.4, -0.2) is 42.5 Å². The molecule has 2 heterocycles. The Kier molecular flexibility index (Phi) is 5.56. The van der Waals surface area contributed by atoms with Gasteiger partial charge in [-0.1, -0.05) is 6.42 Å². The summed E-state index contributed by atoms with van der Waals surface area (Å²) >= 11 is 1.57. The van der Waals surface area contributed by atoms with E-state index in [9.17, 15) is 13.2 Å². The number of hydrogen-bond donors (Lipinski definition) is 1. The number of hydrogen-bond acceptors (Lipinski definition) is 5. The van der Waals surface area contributed by atoms with E-state index < -0.39 is 10.0 Å². The quantitative estimate of drug-likeness (QED) is 0.830. The Morgan fingerprint density at radius 1 is 1.38 bits per heavy atom. The maximum absolute atomic E-state index is 12.1. The molecule has 6 nitrogen and oxygen atoms in total. The van der Waals surface area contributed by atoms with Crippen LogP contribution < -0.4 is 5.32 Å². The first-order valence-electron chi connectivity index (χ1n) is 8.69. The second-order valence-corrected chi connectivity index (χ2v) is 9.77. The molecule has 8 heteroatoms. The maximum Gasteiger partial charge on any atom is 0.223 e. The highest BCUT2D eigenvalue weighted by Crippen LogP contribution is 2.31. The molecule has 24 heavy (non-hydrogen) atoms. The van der Waals surface area contributed by atoms with Crippen LogP contribution in [0.25, 0.3) is 0 Å². The fraction of sp³-hybridized carbons (Fsp3) is 0.750. The number of nitrogens with zero attached hydrogens (tertiary/aromatic N) is 2. The molecular weight excluding hydrogens is 346 g/mol. The molecule has 1 N–H and O–H groups in total. The van der Waals surface area contributed by atoms with Crippen molar-refractivity contribution in [2.75, 3.05) is 18.8 Å². The summed E-state index contributed by atoms with van der Waals surface area (Å²) in [5, 5.41) is 5.92. The SMILES string of the molecule is CCS(=O)(=O)N1CCCC(c2nc(CNC(=O)C3CCC3)cs2)C1. The van der Waals surface area contributed by atoms with Crippen LogP contribution in [0, 0.1) is 5.92 Å². The third kappa shape index (κ3) is 3.97. The van der Waals surface area contributed by atoms with Crippen molar-refractivity contribution in [1.29, 1.82) is 0 Å². The average Bonchev–Trinajstić information content (AvgIpc) is 3.00. The summed E-state index contributed by atoms with van der Waals surface area (Å²) in [6, 6.07) is 0. The topological polar surface area (TPSA) is 79.4 Å². The van der Waals surface area contributed by atoms with E-state index in [1.807, 2.05) is 5.38 Å². The first-order chi connectivity index (χ1) is 11.5. The van der Waals surface area contributed by atoms with Gasteiger partial charge in [0.05, 0.1) is 23.0 Å². The molecule has 0 spiro atoms. The minimum absolute atomic E-state index is 0.133. The lowest BCUT2D eigenvalue weighted by Gasteiger charge is -2.30. The molecule has 0 aromatic carbocycles. The van der Waals surface area contributed by atoms with Crippen LogP contribution >= 0.6 is 11.3 Å². The van der Waals surface area contributed by atoms with E-state index in [1.54, 1.807) is 22.6 Å². The first kappa shape index (κ1) is 17.8. The predicted molar refractivity (Wildman–Crippen MR) is 94.3 cm³/mol. The highest BCUT2D eigenvalue weighted by Gasteiger charge is 2.30. The van der Waals surface area contributed by atoms with Crippen LogP contribution in [0.5, 0.6) is 0 Å². The molecule has 3 rings (SSSR count). The van der Waals surface area contributed by atoms with E-state index in [-0.39, 0.29) is 23.5 Å². The number of carbonyl (C=O) groups excluding carboxylic acids is 1. The van der Waals surface area contributed by atoms with Crippen LogP contribution in [0.1, 0.15) is 55.6 Å². The van der Waals surface area contributed by atoms with Crippen molar-refractivity contribution < 1.29 is 13.2 Å². The number of carbonyl (C=O) groups is 1. The van der Waals surface area contributed by atoms with E-state index >= 15 is 0 Å². The molecule has 1 atom stereocenters. The molecule has 1 aromatic heterocycles. The zero-order valence-electron chi connectivity index (χ0n) is 14.0. The standard InChI is InChI=1S/C16H25N3O3S2/c1-2-24(21,22)19-8-4-7-13(10-19)16-18-14(11-23-16)9-17-15(20)12-5-3-6-12/h11-13H,2-10H2,1H3,(H,17,20). The van der Waals surface area contributed by atoms with Crippen LogP contribution in [0.4, 0.5) is 0 Å². The van der Waals surface area contributed by atoms with Crippen LogP contribution in [0.15, 0.2) is 5.38 Å². The second-order valence-electron chi connectivity index (χ2n) is 6.62. The van der Waals surface area contributed by atoms with Crippen molar-refractivity contribution in [3.05, 3.63) is 16.1 Å². The zero-order valence-corrected chi connectivity index (χ0v) is 15.7. The number of sulfonamides is 1. The highest BCUT2D eigenvalue weighted by molar-refractivity contribution is 7.89. The van der Waals surface area contributed by atoms with E-state index in [2.05, 4.69) is 10.3 Å². The van der Waals surface area contributed by atoms with Crippen LogP contribution in [0.2, 0.25) is 0 Å². The molecule has 1 saturated carbocycles. The van der Waals surface area contributed by atoms with E-state index in [0.717, 1.165) is 42.8 Å². The fourth-order valence-corrected chi connectivity index (χ4v) is 5.29. The molecule has 0 bridgehead atoms. The Balaban J connectivity index is 1.57. The van der Waals surface area contributed by atoms with Gasteiger partial charge in [0, 0.05) is 30.3 Å². The highest BCUT2D eigenvalue weighted by atomic mass is 32.2. The second kappa shape index (κ2) is 7.49. The van der Waals surface area contributed by atoms with Gasteiger partial charge in [-0.05, 0) is 32.6 Å². The van der Waals surface area contributed by atoms with E-state index in [4.69, 9.17) is 0 Å². The monoisotopic (exact) mass is 371 g/mol. The van der Waals surface area contributed by atoms with Gasteiger partial charge in [0.1, 0.15) is 0 Å². The van der Waals surface area contributed by atoms with Crippen LogP contribution in [0.3, 0.4) is 0 Å². The minimum atomic E-state index is -3.13. The van der Waals surface area contributed by atoms with Crippen molar-refractivity contribution >= 4 is 27.3 Å². The number of rotatable bonds is 6. The Labute approximate surface area is 147 Å². The average molecular weight is 372 g/mol. The molecule has 1 aliphatic carbocycles. The number of nitrogens with one attached hydrogen (secondary N) is 1. The van der Waals surface area contributed by atoms with Crippen molar-refractivity contribution in [3.8, 4) is 0 Å². The summed E-state index contributed by atoms with van der Waals surface area (Å²) in [7, 11) is -3.13. The fourth-order valence-electron chi connectivity index (χ4n) is 3.16. The molecule has 2 aliphatic rings. The smallest absolute Gasteiger partial charge is 0.223 e. The largest absolute Gasteiger partial charge is 0.350 e. The van der Waals surface area contributed by atoms with Gasteiger partial charge in [-0.25, -0.2) is 17.7 Å². The molecule has 1 unspecified atom stereocenters. The Bertz CT molecular complexity index is 682. The van der Waals surface area contributed by atoms with Gasteiger partial charge in [-0.3, -0.25) is 4.79 Å². The third-order valence-electron chi connectivity index (χ3n) is 4.98. The number of amides is 1. The van der Waals surface area contributed by atoms with E-state index in [0.29, 0.717) is 19.6 Å². The number of aromatic nitrogens is 1. The molecule has 134 valence electrons. The molecule has 1 aliphatic heterocycles. The Morgan fingerprint density at radius 2 is 2.17 bits per heavy atom. The van der Waals surface area contributed by atoms with Gasteiger partial charge >= 0.3 is 0 Å². The summed E-state index contributed by atoms with van der Waals surface area (Å²) < 4.78 is 25.7. The number of piperidine rings is 1. The Morgan fingerprint density at radius 3 is 2.83 bits per heavy atom. The first-order valence-corrected chi connectivity index (χ1v) is 11.2. The van der Waals surface area contributed by atoms with Crippen LogP contribution in [-0.2, 0) is 21.4 Å².